The van der Waals surface area contributed by atoms with Gasteiger partial charge in [-0.25, -0.2) is 13.1 Å². The van der Waals surface area contributed by atoms with Crippen LogP contribution in [-0.2, 0) is 29.3 Å². The summed E-state index contributed by atoms with van der Waals surface area (Å²) in [6.45, 7) is 12.9. The smallest absolute Gasteiger partial charge is 0.214 e. The van der Waals surface area contributed by atoms with Gasteiger partial charge in [-0.2, -0.15) is 0 Å². The first kappa shape index (κ1) is 20.2. The van der Waals surface area contributed by atoms with E-state index in [2.05, 4.69) is 58.4 Å². The van der Waals surface area contributed by atoms with Crippen LogP contribution in [-0.4, -0.2) is 15.5 Å². The molecule has 0 aromatic heterocycles. The van der Waals surface area contributed by atoms with Crippen molar-refractivity contribution in [3.63, 3.8) is 0 Å². The topological polar surface area (TPSA) is 46.2 Å². The van der Waals surface area contributed by atoms with Gasteiger partial charge in [0.25, 0.3) is 0 Å². The van der Waals surface area contributed by atoms with Crippen LogP contribution >= 0.6 is 0 Å². The van der Waals surface area contributed by atoms with Gasteiger partial charge < -0.3 is 0 Å². The number of sulfonamides is 1. The number of hydrogen-bond acceptors (Lipinski definition) is 2. The summed E-state index contributed by atoms with van der Waals surface area (Å²) < 4.78 is 27.8. The van der Waals surface area contributed by atoms with Crippen LogP contribution < -0.4 is 4.72 Å². The predicted octanol–water partition coefficient (Wildman–Crippen LogP) is 4.19. The van der Waals surface area contributed by atoms with E-state index in [0.717, 1.165) is 30.4 Å². The second-order valence-corrected chi connectivity index (χ2v) is 9.57. The van der Waals surface area contributed by atoms with Crippen LogP contribution in [0.4, 0.5) is 0 Å². The van der Waals surface area contributed by atoms with Gasteiger partial charge in [0.05, 0.1) is 4.90 Å². The van der Waals surface area contributed by atoms with Crippen molar-refractivity contribution in [3.8, 4) is 0 Å². The highest BCUT2D eigenvalue weighted by Gasteiger charge is 2.23. The van der Waals surface area contributed by atoms with E-state index in [-0.39, 0.29) is 0 Å². The molecular formula is C19H33NO2S. The lowest BCUT2D eigenvalue weighted by Gasteiger charge is -2.20. The lowest BCUT2D eigenvalue weighted by Crippen LogP contribution is -2.23. The van der Waals surface area contributed by atoms with Crippen LogP contribution in [0, 0.1) is 17.8 Å². The third kappa shape index (κ3) is 5.92. The van der Waals surface area contributed by atoms with Crippen molar-refractivity contribution < 1.29 is 8.42 Å². The molecule has 0 unspecified atom stereocenters. The Hall–Kier alpha value is -0.870. The first-order valence-corrected chi connectivity index (χ1v) is 10.1. The van der Waals surface area contributed by atoms with Gasteiger partial charge in [-0.3, -0.25) is 0 Å². The van der Waals surface area contributed by atoms with Gasteiger partial charge in [-0.1, -0.05) is 53.7 Å². The average Bonchev–Trinajstić information content (AvgIpc) is 2.35. The molecule has 0 aliphatic rings. The molecule has 0 radical (unpaired) electrons. The third-order valence-corrected chi connectivity index (χ3v) is 5.34. The fourth-order valence-electron chi connectivity index (χ4n) is 3.05. The Morgan fingerprint density at radius 1 is 0.826 bits per heavy atom. The van der Waals surface area contributed by atoms with E-state index in [1.165, 1.54) is 12.6 Å². The summed E-state index contributed by atoms with van der Waals surface area (Å²) >= 11 is 0. The molecular weight excluding hydrogens is 306 g/mol. The molecule has 0 aliphatic carbocycles. The zero-order valence-electron chi connectivity index (χ0n) is 15.7. The molecule has 0 heterocycles. The van der Waals surface area contributed by atoms with E-state index in [1.54, 1.807) is 0 Å². The van der Waals surface area contributed by atoms with Crippen molar-refractivity contribution in [1.29, 1.82) is 0 Å². The van der Waals surface area contributed by atoms with Crippen LogP contribution in [0.25, 0.3) is 0 Å². The fourth-order valence-corrected chi connectivity index (χ4v) is 4.22. The molecule has 1 aromatic rings. The van der Waals surface area contributed by atoms with E-state index in [1.807, 2.05) is 0 Å². The summed E-state index contributed by atoms with van der Waals surface area (Å²) in [5.74, 6) is 1.39. The maximum atomic E-state index is 12.6. The molecule has 132 valence electrons. The van der Waals surface area contributed by atoms with Crippen molar-refractivity contribution in [2.24, 2.45) is 17.8 Å². The molecule has 1 N–H and O–H groups in total. The summed E-state index contributed by atoms with van der Waals surface area (Å²) in [5, 5.41) is 0. The standard InChI is InChI=1S/C19H33NO2S/c1-13(2)8-16-11-17(9-14(3)4)19(23(21,22)20-7)18(12-16)10-15(5)6/h11-15,20H,8-10H2,1-7H3. The minimum absolute atomic E-state index is 0.419. The first-order chi connectivity index (χ1) is 10.6. The largest absolute Gasteiger partial charge is 0.240 e. The SMILES string of the molecule is CNS(=O)(=O)c1c(CC(C)C)cc(CC(C)C)cc1CC(C)C. The van der Waals surface area contributed by atoms with E-state index in [4.69, 9.17) is 0 Å². The lowest BCUT2D eigenvalue weighted by molar-refractivity contribution is 0.574. The normalized spacial score (nSPS) is 12.6. The second-order valence-electron chi connectivity index (χ2n) is 7.74. The number of rotatable bonds is 8. The molecule has 0 spiro atoms. The highest BCUT2D eigenvalue weighted by atomic mass is 32.2. The lowest BCUT2D eigenvalue weighted by atomic mass is 9.91. The van der Waals surface area contributed by atoms with Gasteiger partial charge in [0, 0.05) is 0 Å². The number of benzene rings is 1. The van der Waals surface area contributed by atoms with E-state index < -0.39 is 10.0 Å². The Bertz CT molecular complexity index is 585. The molecule has 3 nitrogen and oxygen atoms in total. The second kappa shape index (κ2) is 8.29. The summed E-state index contributed by atoms with van der Waals surface area (Å²) in [6.07, 6.45) is 2.55. The highest BCUT2D eigenvalue weighted by molar-refractivity contribution is 7.89. The van der Waals surface area contributed by atoms with Crippen molar-refractivity contribution in [2.75, 3.05) is 7.05 Å². The maximum absolute atomic E-state index is 12.6. The molecule has 0 atom stereocenters. The van der Waals surface area contributed by atoms with Crippen molar-refractivity contribution in [1.82, 2.24) is 4.72 Å². The number of nitrogens with one attached hydrogen (secondary N) is 1. The Balaban J connectivity index is 3.58. The Labute approximate surface area is 142 Å². The summed E-state index contributed by atoms with van der Waals surface area (Å²) in [6, 6.07) is 4.21. The zero-order valence-corrected chi connectivity index (χ0v) is 16.5. The molecule has 1 rings (SSSR count). The molecule has 0 aliphatic heterocycles. The van der Waals surface area contributed by atoms with Gasteiger partial charge >= 0.3 is 0 Å². The summed E-state index contributed by atoms with van der Waals surface area (Å²) in [4.78, 5) is 0.509. The monoisotopic (exact) mass is 339 g/mol. The minimum Gasteiger partial charge on any atom is -0.214 e. The van der Waals surface area contributed by atoms with Crippen LogP contribution in [0.3, 0.4) is 0 Å². The molecule has 0 bridgehead atoms. The minimum atomic E-state index is -3.45. The Morgan fingerprint density at radius 2 is 1.22 bits per heavy atom. The molecule has 1 aromatic carbocycles. The van der Waals surface area contributed by atoms with Crippen LogP contribution in [0.5, 0.6) is 0 Å². The maximum Gasteiger partial charge on any atom is 0.240 e. The highest BCUT2D eigenvalue weighted by Crippen LogP contribution is 2.28. The van der Waals surface area contributed by atoms with Crippen molar-refractivity contribution in [2.45, 2.75) is 65.7 Å². The van der Waals surface area contributed by atoms with Crippen molar-refractivity contribution in [3.05, 3.63) is 28.8 Å². The Kier molecular flexibility index (Phi) is 7.28. The van der Waals surface area contributed by atoms with Crippen LogP contribution in [0.15, 0.2) is 17.0 Å². The van der Waals surface area contributed by atoms with Gasteiger partial charge in [0.1, 0.15) is 0 Å². The first-order valence-electron chi connectivity index (χ1n) is 8.65. The van der Waals surface area contributed by atoms with Gasteiger partial charge in [0.15, 0.2) is 0 Å². The summed E-state index contributed by atoms with van der Waals surface area (Å²) in [7, 11) is -1.95. The van der Waals surface area contributed by atoms with Crippen molar-refractivity contribution >= 4 is 10.0 Å². The predicted molar refractivity (Wildman–Crippen MR) is 98.3 cm³/mol. The van der Waals surface area contributed by atoms with Gasteiger partial charge in [0.2, 0.25) is 10.0 Å². The molecule has 0 amide bonds. The molecule has 23 heavy (non-hydrogen) atoms. The average molecular weight is 340 g/mol. The molecule has 4 heteroatoms. The van der Waals surface area contributed by atoms with E-state index in [9.17, 15) is 8.42 Å². The van der Waals surface area contributed by atoms with E-state index in [0.29, 0.717) is 22.6 Å². The van der Waals surface area contributed by atoms with Crippen LogP contribution in [0.2, 0.25) is 0 Å². The fraction of sp³-hybridized carbons (Fsp3) is 0.684. The molecule has 0 saturated heterocycles. The van der Waals surface area contributed by atoms with Gasteiger partial charge in [-0.05, 0) is 60.8 Å². The third-order valence-electron chi connectivity index (χ3n) is 3.74. The zero-order chi connectivity index (χ0) is 17.8. The number of hydrogen-bond donors (Lipinski definition) is 1. The van der Waals surface area contributed by atoms with Gasteiger partial charge in [-0.15, -0.1) is 0 Å². The summed E-state index contributed by atoms with van der Waals surface area (Å²) in [5.41, 5.74) is 3.17. The molecule has 0 fully saturated rings. The Morgan fingerprint density at radius 3 is 1.52 bits per heavy atom. The van der Waals surface area contributed by atoms with E-state index >= 15 is 0 Å². The molecule has 0 saturated carbocycles. The van der Waals surface area contributed by atoms with Crippen LogP contribution in [0.1, 0.15) is 58.2 Å². The quantitative estimate of drug-likeness (QED) is 0.772.